The molecule has 0 unspecified atom stereocenters. The molecule has 0 saturated heterocycles. The lowest BCUT2D eigenvalue weighted by Crippen LogP contribution is -2.10. The quantitative estimate of drug-likeness (QED) is 0.902. The molecule has 0 aromatic heterocycles. The van der Waals surface area contributed by atoms with Crippen LogP contribution in [0.3, 0.4) is 0 Å². The zero-order valence-corrected chi connectivity index (χ0v) is 10.7. The lowest BCUT2D eigenvalue weighted by Gasteiger charge is -2.07. The number of benzene rings is 2. The summed E-state index contributed by atoms with van der Waals surface area (Å²) in [5, 5.41) is 3.47. The van der Waals surface area contributed by atoms with Gasteiger partial charge in [-0.25, -0.2) is 4.39 Å². The van der Waals surface area contributed by atoms with Crippen LogP contribution in [0.2, 0.25) is 5.02 Å². The number of nitrogens with two attached hydrogens (primary N) is 1. The predicted octanol–water partition coefficient (Wildman–Crippen LogP) is 3.19. The number of nitrogens with one attached hydrogen (secondary N) is 1. The Kier molecular flexibility index (Phi) is 4.02. The summed E-state index contributed by atoms with van der Waals surface area (Å²) in [6.45, 7) is 0.438. The minimum atomic E-state index is -0.469. The van der Waals surface area contributed by atoms with Gasteiger partial charge in [0.2, 0.25) is 5.91 Å². The maximum absolute atomic E-state index is 13.1. The van der Waals surface area contributed by atoms with Gasteiger partial charge in [0.15, 0.2) is 0 Å². The first-order valence-corrected chi connectivity index (χ1v) is 6.01. The van der Waals surface area contributed by atoms with Crippen molar-refractivity contribution in [1.29, 1.82) is 0 Å². The summed E-state index contributed by atoms with van der Waals surface area (Å²) >= 11 is 5.77. The van der Waals surface area contributed by atoms with Crippen LogP contribution in [0.25, 0.3) is 0 Å². The summed E-state index contributed by atoms with van der Waals surface area (Å²) in [4.78, 5) is 10.9. The van der Waals surface area contributed by atoms with Crippen molar-refractivity contribution in [2.24, 2.45) is 5.73 Å². The fraction of sp³-hybridized carbons (Fsp3) is 0.0714. The van der Waals surface area contributed by atoms with E-state index in [9.17, 15) is 9.18 Å². The molecule has 0 saturated carbocycles. The second-order valence-electron chi connectivity index (χ2n) is 4.07. The summed E-state index contributed by atoms with van der Waals surface area (Å²) in [7, 11) is 0. The summed E-state index contributed by atoms with van der Waals surface area (Å²) in [5.74, 6) is -0.836. The average Bonchev–Trinajstić information content (AvgIpc) is 2.36. The number of hydrogen-bond donors (Lipinski definition) is 2. The van der Waals surface area contributed by atoms with Crippen molar-refractivity contribution in [2.75, 3.05) is 5.32 Å². The molecule has 3 nitrogen and oxygen atoms in total. The van der Waals surface area contributed by atoms with Gasteiger partial charge in [0.1, 0.15) is 5.82 Å². The Morgan fingerprint density at radius 3 is 2.47 bits per heavy atom. The molecule has 0 heterocycles. The standard InChI is InChI=1S/C14H12ClFN2O/c15-11-5-9(6-12(16)7-11)8-18-13-3-1-10(2-4-13)14(17)19/h1-7,18H,8H2,(H2,17,19). The van der Waals surface area contributed by atoms with Gasteiger partial charge in [-0.1, -0.05) is 11.6 Å². The third-order valence-corrected chi connectivity index (χ3v) is 2.81. The van der Waals surface area contributed by atoms with Crippen LogP contribution in [0.15, 0.2) is 42.5 Å². The van der Waals surface area contributed by atoms with Gasteiger partial charge < -0.3 is 11.1 Å². The predicted molar refractivity (Wildman–Crippen MR) is 73.7 cm³/mol. The van der Waals surface area contributed by atoms with Gasteiger partial charge in [-0.15, -0.1) is 0 Å². The normalized spacial score (nSPS) is 10.2. The Morgan fingerprint density at radius 1 is 1.21 bits per heavy atom. The molecule has 0 atom stereocenters. The third-order valence-electron chi connectivity index (χ3n) is 2.59. The van der Waals surface area contributed by atoms with E-state index in [4.69, 9.17) is 17.3 Å². The Labute approximate surface area is 115 Å². The first-order valence-electron chi connectivity index (χ1n) is 5.63. The molecule has 1 amide bonds. The van der Waals surface area contributed by atoms with Gasteiger partial charge in [0, 0.05) is 22.8 Å². The summed E-state index contributed by atoms with van der Waals surface area (Å²) in [5.41, 5.74) is 7.14. The van der Waals surface area contributed by atoms with Crippen LogP contribution < -0.4 is 11.1 Å². The second-order valence-corrected chi connectivity index (χ2v) is 4.51. The van der Waals surface area contributed by atoms with Gasteiger partial charge in [-0.3, -0.25) is 4.79 Å². The fourth-order valence-corrected chi connectivity index (χ4v) is 1.91. The van der Waals surface area contributed by atoms with Crippen molar-refractivity contribution in [3.05, 3.63) is 64.4 Å². The second kappa shape index (κ2) is 5.71. The molecule has 2 aromatic carbocycles. The van der Waals surface area contributed by atoms with E-state index < -0.39 is 5.91 Å². The minimum Gasteiger partial charge on any atom is -0.381 e. The molecule has 0 fully saturated rings. The smallest absolute Gasteiger partial charge is 0.248 e. The number of hydrogen-bond acceptors (Lipinski definition) is 2. The maximum Gasteiger partial charge on any atom is 0.248 e. The Balaban J connectivity index is 2.03. The van der Waals surface area contributed by atoms with Crippen LogP contribution >= 0.6 is 11.6 Å². The summed E-state index contributed by atoms with van der Waals surface area (Å²) in [6.07, 6.45) is 0. The van der Waals surface area contributed by atoms with Crippen molar-refractivity contribution < 1.29 is 9.18 Å². The zero-order valence-electron chi connectivity index (χ0n) is 9.99. The van der Waals surface area contributed by atoms with Crippen LogP contribution in [0.4, 0.5) is 10.1 Å². The Hall–Kier alpha value is -2.07. The number of amides is 1. The number of carbonyl (C=O) groups is 1. The van der Waals surface area contributed by atoms with E-state index in [2.05, 4.69) is 5.32 Å². The molecule has 98 valence electrons. The van der Waals surface area contributed by atoms with Crippen LogP contribution in [0.1, 0.15) is 15.9 Å². The highest BCUT2D eigenvalue weighted by molar-refractivity contribution is 6.30. The van der Waals surface area contributed by atoms with Gasteiger partial charge >= 0.3 is 0 Å². The molecule has 0 radical (unpaired) electrons. The lowest BCUT2D eigenvalue weighted by atomic mass is 10.2. The van der Waals surface area contributed by atoms with Crippen LogP contribution in [0, 0.1) is 5.82 Å². The summed E-state index contributed by atoms with van der Waals surface area (Å²) in [6, 6.07) is 11.1. The topological polar surface area (TPSA) is 55.1 Å². The minimum absolute atomic E-state index is 0.362. The highest BCUT2D eigenvalue weighted by Crippen LogP contribution is 2.16. The van der Waals surface area contributed by atoms with E-state index in [0.717, 1.165) is 11.3 Å². The van der Waals surface area contributed by atoms with E-state index in [1.165, 1.54) is 12.1 Å². The fourth-order valence-electron chi connectivity index (χ4n) is 1.67. The first kappa shape index (κ1) is 13.4. The van der Waals surface area contributed by atoms with E-state index in [0.29, 0.717) is 17.1 Å². The van der Waals surface area contributed by atoms with E-state index in [-0.39, 0.29) is 5.82 Å². The average molecular weight is 279 g/mol. The van der Waals surface area contributed by atoms with Crippen LogP contribution in [-0.4, -0.2) is 5.91 Å². The number of anilines is 1. The van der Waals surface area contributed by atoms with Crippen LogP contribution in [-0.2, 0) is 6.54 Å². The largest absolute Gasteiger partial charge is 0.381 e. The van der Waals surface area contributed by atoms with Gasteiger partial charge in [-0.05, 0) is 48.0 Å². The van der Waals surface area contributed by atoms with E-state index in [1.807, 2.05) is 0 Å². The van der Waals surface area contributed by atoms with Gasteiger partial charge in [0.25, 0.3) is 0 Å². The van der Waals surface area contributed by atoms with Gasteiger partial charge in [0.05, 0.1) is 0 Å². The Bertz CT molecular complexity index is 579. The molecular formula is C14H12ClFN2O. The molecule has 0 bridgehead atoms. The molecule has 0 aliphatic carbocycles. The molecule has 0 spiro atoms. The highest BCUT2D eigenvalue weighted by Gasteiger charge is 2.01. The van der Waals surface area contributed by atoms with E-state index >= 15 is 0 Å². The summed E-state index contributed by atoms with van der Waals surface area (Å²) < 4.78 is 13.1. The van der Waals surface area contributed by atoms with Crippen molar-refractivity contribution in [3.8, 4) is 0 Å². The number of carbonyl (C=O) groups excluding carboxylic acids is 1. The zero-order chi connectivity index (χ0) is 13.8. The van der Waals surface area contributed by atoms with Crippen molar-refractivity contribution >= 4 is 23.2 Å². The molecule has 0 aliphatic heterocycles. The SMILES string of the molecule is NC(=O)c1ccc(NCc2cc(F)cc(Cl)c2)cc1. The van der Waals surface area contributed by atoms with Crippen molar-refractivity contribution in [1.82, 2.24) is 0 Å². The molecule has 19 heavy (non-hydrogen) atoms. The van der Waals surface area contributed by atoms with Crippen LogP contribution in [0.5, 0.6) is 0 Å². The molecule has 2 rings (SSSR count). The molecule has 5 heteroatoms. The number of rotatable bonds is 4. The van der Waals surface area contributed by atoms with Gasteiger partial charge in [-0.2, -0.15) is 0 Å². The maximum atomic E-state index is 13.1. The number of primary amides is 1. The third kappa shape index (κ3) is 3.69. The monoisotopic (exact) mass is 278 g/mol. The van der Waals surface area contributed by atoms with Crippen molar-refractivity contribution in [2.45, 2.75) is 6.54 Å². The van der Waals surface area contributed by atoms with E-state index in [1.54, 1.807) is 30.3 Å². The Morgan fingerprint density at radius 2 is 1.89 bits per heavy atom. The molecular weight excluding hydrogens is 267 g/mol. The highest BCUT2D eigenvalue weighted by atomic mass is 35.5. The molecule has 3 N–H and O–H groups in total. The number of halogens is 2. The molecule has 0 aliphatic rings. The first-order chi connectivity index (χ1) is 9.04. The lowest BCUT2D eigenvalue weighted by molar-refractivity contribution is 0.100. The van der Waals surface area contributed by atoms with Crippen molar-refractivity contribution in [3.63, 3.8) is 0 Å². The molecule has 2 aromatic rings.